The lowest BCUT2D eigenvalue weighted by Gasteiger charge is -2.13. The van der Waals surface area contributed by atoms with Gasteiger partial charge in [0.1, 0.15) is 11.6 Å². The Balaban J connectivity index is 2.98. The van der Waals surface area contributed by atoms with Crippen LogP contribution in [0.4, 0.5) is 4.39 Å². The van der Waals surface area contributed by atoms with Crippen LogP contribution in [0, 0.1) is 17.7 Å². The SMILES string of the molecule is CCC(C)Oc1ccc(F)cc1C#CCCl. The molecule has 0 amide bonds. The quantitative estimate of drug-likeness (QED) is 0.580. The predicted octanol–water partition coefficient (Wildman–Crippen LogP) is 3.59. The molecule has 0 aliphatic rings. The van der Waals surface area contributed by atoms with Gasteiger partial charge in [0.25, 0.3) is 0 Å². The van der Waals surface area contributed by atoms with Gasteiger partial charge in [0.2, 0.25) is 0 Å². The summed E-state index contributed by atoms with van der Waals surface area (Å²) in [6, 6.07) is 4.32. The van der Waals surface area contributed by atoms with Gasteiger partial charge in [-0.2, -0.15) is 0 Å². The molecule has 1 rings (SSSR count). The minimum Gasteiger partial charge on any atom is -0.489 e. The van der Waals surface area contributed by atoms with E-state index >= 15 is 0 Å². The van der Waals surface area contributed by atoms with Crippen LogP contribution in [-0.2, 0) is 0 Å². The Morgan fingerprint density at radius 1 is 1.50 bits per heavy atom. The molecule has 1 aromatic rings. The van der Waals surface area contributed by atoms with Gasteiger partial charge in [-0.25, -0.2) is 4.39 Å². The third kappa shape index (κ3) is 3.75. The van der Waals surface area contributed by atoms with E-state index < -0.39 is 0 Å². The summed E-state index contributed by atoms with van der Waals surface area (Å²) in [6.07, 6.45) is 0.974. The first-order valence-corrected chi connectivity index (χ1v) is 5.71. The molecule has 3 heteroatoms. The Morgan fingerprint density at radius 3 is 2.88 bits per heavy atom. The molecule has 1 atom stereocenters. The zero-order chi connectivity index (χ0) is 12.0. The Hall–Kier alpha value is -1.20. The van der Waals surface area contributed by atoms with Crippen LogP contribution >= 0.6 is 11.6 Å². The molecule has 0 aromatic heterocycles. The highest BCUT2D eigenvalue weighted by Gasteiger charge is 2.06. The van der Waals surface area contributed by atoms with Crippen LogP contribution in [0.25, 0.3) is 0 Å². The molecule has 1 unspecified atom stereocenters. The van der Waals surface area contributed by atoms with Crippen LogP contribution in [0.5, 0.6) is 5.75 Å². The second-order valence-corrected chi connectivity index (χ2v) is 3.68. The van der Waals surface area contributed by atoms with Crippen molar-refractivity contribution in [2.45, 2.75) is 26.4 Å². The maximum atomic E-state index is 13.0. The van der Waals surface area contributed by atoms with Crippen molar-refractivity contribution < 1.29 is 9.13 Å². The van der Waals surface area contributed by atoms with Crippen LogP contribution in [-0.4, -0.2) is 12.0 Å². The highest BCUT2D eigenvalue weighted by Crippen LogP contribution is 2.20. The van der Waals surface area contributed by atoms with Gasteiger partial charge in [0.05, 0.1) is 17.5 Å². The maximum Gasteiger partial charge on any atom is 0.135 e. The van der Waals surface area contributed by atoms with Crippen molar-refractivity contribution in [2.75, 3.05) is 5.88 Å². The molecular weight excluding hydrogens is 227 g/mol. The Kier molecular flexibility index (Phi) is 5.14. The summed E-state index contributed by atoms with van der Waals surface area (Å²) in [5.74, 6) is 5.98. The molecule has 0 saturated carbocycles. The summed E-state index contributed by atoms with van der Waals surface area (Å²) < 4.78 is 18.7. The van der Waals surface area contributed by atoms with E-state index in [4.69, 9.17) is 16.3 Å². The largest absolute Gasteiger partial charge is 0.489 e. The zero-order valence-corrected chi connectivity index (χ0v) is 10.1. The lowest BCUT2D eigenvalue weighted by atomic mass is 10.2. The van der Waals surface area contributed by atoms with Crippen LogP contribution in [0.3, 0.4) is 0 Å². The molecule has 0 fully saturated rings. The molecule has 0 aliphatic carbocycles. The van der Waals surface area contributed by atoms with E-state index in [9.17, 15) is 4.39 Å². The van der Waals surface area contributed by atoms with Gasteiger partial charge < -0.3 is 4.74 Å². The average molecular weight is 241 g/mol. The van der Waals surface area contributed by atoms with Crippen LogP contribution in [0.1, 0.15) is 25.8 Å². The van der Waals surface area contributed by atoms with Crippen molar-refractivity contribution in [1.82, 2.24) is 0 Å². The summed E-state index contributed by atoms with van der Waals surface area (Å²) in [5, 5.41) is 0. The molecule has 0 spiro atoms. The smallest absolute Gasteiger partial charge is 0.135 e. The van der Waals surface area contributed by atoms with Crippen molar-refractivity contribution in [2.24, 2.45) is 0 Å². The van der Waals surface area contributed by atoms with Crippen molar-refractivity contribution in [3.63, 3.8) is 0 Å². The van der Waals surface area contributed by atoms with Crippen molar-refractivity contribution in [1.29, 1.82) is 0 Å². The molecule has 0 heterocycles. The number of rotatable bonds is 3. The number of ether oxygens (including phenoxy) is 1. The summed E-state index contributed by atoms with van der Waals surface area (Å²) in [5.41, 5.74) is 0.543. The summed E-state index contributed by atoms with van der Waals surface area (Å²) in [6.45, 7) is 3.99. The fourth-order valence-electron chi connectivity index (χ4n) is 1.13. The van der Waals surface area contributed by atoms with Crippen molar-refractivity contribution in [3.8, 4) is 17.6 Å². The first kappa shape index (κ1) is 12.9. The second-order valence-electron chi connectivity index (χ2n) is 3.41. The molecule has 1 nitrogen and oxygen atoms in total. The van der Waals surface area contributed by atoms with E-state index in [1.54, 1.807) is 6.07 Å². The van der Waals surface area contributed by atoms with Crippen LogP contribution < -0.4 is 4.74 Å². The van der Waals surface area contributed by atoms with Gasteiger partial charge in [-0.1, -0.05) is 18.8 Å². The molecule has 0 saturated heterocycles. The average Bonchev–Trinajstić information content (AvgIpc) is 2.29. The van der Waals surface area contributed by atoms with Gasteiger partial charge in [0, 0.05) is 0 Å². The third-order valence-corrected chi connectivity index (χ3v) is 2.27. The van der Waals surface area contributed by atoms with Gasteiger partial charge in [0.15, 0.2) is 0 Å². The number of halogens is 2. The minimum absolute atomic E-state index is 0.0852. The number of hydrogen-bond donors (Lipinski definition) is 0. The molecule has 0 bridgehead atoms. The van der Waals surface area contributed by atoms with E-state index in [0.717, 1.165) is 6.42 Å². The van der Waals surface area contributed by atoms with E-state index in [1.807, 2.05) is 13.8 Å². The van der Waals surface area contributed by atoms with E-state index in [2.05, 4.69) is 11.8 Å². The lowest BCUT2D eigenvalue weighted by molar-refractivity contribution is 0.216. The molecular formula is C13H14ClFO. The van der Waals surface area contributed by atoms with Gasteiger partial charge in [-0.05, 0) is 31.5 Å². The Labute approximate surface area is 101 Å². The minimum atomic E-state index is -0.324. The fourth-order valence-corrected chi connectivity index (χ4v) is 1.20. The van der Waals surface area contributed by atoms with E-state index in [1.165, 1.54) is 12.1 Å². The van der Waals surface area contributed by atoms with Gasteiger partial charge in [-0.15, -0.1) is 11.6 Å². The highest BCUT2D eigenvalue weighted by molar-refractivity contribution is 6.19. The third-order valence-electron chi connectivity index (χ3n) is 2.13. The topological polar surface area (TPSA) is 9.23 Å². The van der Waals surface area contributed by atoms with Crippen LogP contribution in [0.2, 0.25) is 0 Å². The van der Waals surface area contributed by atoms with Gasteiger partial charge >= 0.3 is 0 Å². The molecule has 0 aliphatic heterocycles. The second kappa shape index (κ2) is 6.40. The molecule has 1 aromatic carbocycles. The van der Waals surface area contributed by atoms with Crippen molar-refractivity contribution >= 4 is 11.6 Å². The Morgan fingerprint density at radius 2 is 2.25 bits per heavy atom. The number of benzene rings is 1. The molecule has 86 valence electrons. The van der Waals surface area contributed by atoms with Crippen molar-refractivity contribution in [3.05, 3.63) is 29.6 Å². The summed E-state index contributed by atoms with van der Waals surface area (Å²) >= 11 is 5.47. The first-order valence-electron chi connectivity index (χ1n) is 5.18. The van der Waals surface area contributed by atoms with E-state index in [0.29, 0.717) is 11.3 Å². The van der Waals surface area contributed by atoms with E-state index in [-0.39, 0.29) is 17.8 Å². The predicted molar refractivity (Wildman–Crippen MR) is 64.4 cm³/mol. The number of hydrogen-bond acceptors (Lipinski definition) is 1. The molecule has 0 radical (unpaired) electrons. The zero-order valence-electron chi connectivity index (χ0n) is 9.39. The summed E-state index contributed by atoms with van der Waals surface area (Å²) in [4.78, 5) is 0. The first-order chi connectivity index (χ1) is 7.67. The maximum absolute atomic E-state index is 13.0. The highest BCUT2D eigenvalue weighted by atomic mass is 35.5. The normalized spacial score (nSPS) is 11.5. The monoisotopic (exact) mass is 240 g/mol. The number of alkyl halides is 1. The summed E-state index contributed by atoms with van der Waals surface area (Å²) in [7, 11) is 0. The Bertz CT molecular complexity index is 406. The lowest BCUT2D eigenvalue weighted by Crippen LogP contribution is -2.10. The molecule has 0 N–H and O–H groups in total. The van der Waals surface area contributed by atoms with Crippen LogP contribution in [0.15, 0.2) is 18.2 Å². The van der Waals surface area contributed by atoms with Gasteiger partial charge in [-0.3, -0.25) is 0 Å². The molecule has 16 heavy (non-hydrogen) atoms. The standard InChI is InChI=1S/C13H14ClFO/c1-3-10(2)16-13-7-6-12(15)9-11(13)5-4-8-14/h6-7,9-10H,3,8H2,1-2H3. The fraction of sp³-hybridized carbons (Fsp3) is 0.385.